The third-order valence-corrected chi connectivity index (χ3v) is 1.87. The minimum absolute atomic E-state index is 0.100. The lowest BCUT2D eigenvalue weighted by molar-refractivity contribution is 0.250. The maximum Gasteiger partial charge on any atom is 0.319 e. The van der Waals surface area contributed by atoms with E-state index < -0.39 is 0 Å². The summed E-state index contributed by atoms with van der Waals surface area (Å²) >= 11 is 0. The first-order chi connectivity index (χ1) is 6.99. The van der Waals surface area contributed by atoms with Crippen LogP contribution in [0.5, 0.6) is 5.75 Å². The molecular formula is C11H16N2O2. The van der Waals surface area contributed by atoms with Gasteiger partial charge in [-0.3, -0.25) is 0 Å². The Balaban J connectivity index is 2.65. The number of carbonyl (C=O) groups excluding carboxylic acids is 1. The molecule has 0 unspecified atom stereocenters. The Labute approximate surface area is 89.3 Å². The van der Waals surface area contributed by atoms with Crippen LogP contribution in [0.25, 0.3) is 0 Å². The van der Waals surface area contributed by atoms with Crippen LogP contribution >= 0.6 is 0 Å². The Morgan fingerprint density at radius 2 is 2.07 bits per heavy atom. The van der Waals surface area contributed by atoms with Crippen molar-refractivity contribution >= 4 is 11.7 Å². The highest BCUT2D eigenvalue weighted by molar-refractivity contribution is 5.89. The fourth-order valence-corrected chi connectivity index (χ4v) is 1.16. The molecule has 2 amide bonds. The molecule has 0 radical (unpaired) electrons. The van der Waals surface area contributed by atoms with Crippen LogP contribution in [0.3, 0.4) is 0 Å². The van der Waals surface area contributed by atoms with E-state index in [1.54, 1.807) is 25.1 Å². The molecule has 0 atom stereocenters. The van der Waals surface area contributed by atoms with Crippen molar-refractivity contribution < 1.29 is 9.90 Å². The van der Waals surface area contributed by atoms with Gasteiger partial charge in [0.25, 0.3) is 0 Å². The van der Waals surface area contributed by atoms with Crippen molar-refractivity contribution in [3.8, 4) is 5.75 Å². The van der Waals surface area contributed by atoms with Gasteiger partial charge in [-0.1, -0.05) is 0 Å². The summed E-state index contributed by atoms with van der Waals surface area (Å²) in [5, 5.41) is 14.7. The van der Waals surface area contributed by atoms with Gasteiger partial charge in [-0.05, 0) is 44.5 Å². The van der Waals surface area contributed by atoms with Gasteiger partial charge in [-0.2, -0.15) is 0 Å². The molecule has 15 heavy (non-hydrogen) atoms. The highest BCUT2D eigenvalue weighted by atomic mass is 16.3. The molecule has 0 saturated heterocycles. The normalized spacial score (nSPS) is 10.1. The Bertz CT molecular complexity index is 362. The van der Waals surface area contributed by atoms with Crippen molar-refractivity contribution in [1.82, 2.24) is 5.32 Å². The van der Waals surface area contributed by atoms with Gasteiger partial charge in [0.05, 0.1) is 0 Å². The quantitative estimate of drug-likeness (QED) is 0.653. The summed E-state index contributed by atoms with van der Waals surface area (Å²) in [4.78, 5) is 11.3. The van der Waals surface area contributed by atoms with Gasteiger partial charge in [-0.15, -0.1) is 0 Å². The van der Waals surface area contributed by atoms with Crippen molar-refractivity contribution in [1.29, 1.82) is 0 Å². The third kappa shape index (κ3) is 3.50. The molecule has 0 bridgehead atoms. The average molecular weight is 208 g/mol. The molecule has 0 heterocycles. The third-order valence-electron chi connectivity index (χ3n) is 1.87. The number of urea groups is 1. The number of benzene rings is 1. The van der Waals surface area contributed by atoms with E-state index in [1.807, 2.05) is 13.8 Å². The predicted octanol–water partition coefficient (Wildman–Crippen LogP) is 2.23. The predicted molar refractivity (Wildman–Crippen MR) is 60.1 cm³/mol. The Morgan fingerprint density at radius 1 is 1.40 bits per heavy atom. The lowest BCUT2D eigenvalue weighted by atomic mass is 10.2. The number of phenolic OH excluding ortho intramolecular Hbond substituents is 1. The number of hydrogen-bond acceptors (Lipinski definition) is 2. The number of hydrogen-bond donors (Lipinski definition) is 3. The zero-order valence-electron chi connectivity index (χ0n) is 9.16. The molecule has 1 aromatic rings. The maximum absolute atomic E-state index is 11.3. The minimum Gasteiger partial charge on any atom is -0.508 e. The van der Waals surface area contributed by atoms with Crippen LogP contribution in [0.4, 0.5) is 10.5 Å². The van der Waals surface area contributed by atoms with E-state index in [4.69, 9.17) is 0 Å². The summed E-state index contributed by atoms with van der Waals surface area (Å²) in [6.07, 6.45) is 0. The topological polar surface area (TPSA) is 61.4 Å². The van der Waals surface area contributed by atoms with Crippen LogP contribution in [0.2, 0.25) is 0 Å². The van der Waals surface area contributed by atoms with Crippen molar-refractivity contribution in [2.45, 2.75) is 26.8 Å². The first kappa shape index (κ1) is 11.4. The standard InChI is InChI=1S/C11H16N2O2/c1-7(2)12-11(15)13-9-4-5-10(14)8(3)6-9/h4-7,14H,1-3H3,(H2,12,13,15). The van der Waals surface area contributed by atoms with Crippen molar-refractivity contribution in [3.63, 3.8) is 0 Å². The zero-order chi connectivity index (χ0) is 11.4. The molecule has 4 heteroatoms. The number of aryl methyl sites for hydroxylation is 1. The van der Waals surface area contributed by atoms with E-state index >= 15 is 0 Å². The van der Waals surface area contributed by atoms with Gasteiger partial charge >= 0.3 is 6.03 Å². The number of carbonyl (C=O) groups is 1. The Hall–Kier alpha value is -1.71. The molecule has 3 N–H and O–H groups in total. The summed E-state index contributed by atoms with van der Waals surface area (Å²) in [7, 11) is 0. The molecule has 0 spiro atoms. The van der Waals surface area contributed by atoms with Crippen LogP contribution in [0.15, 0.2) is 18.2 Å². The van der Waals surface area contributed by atoms with Crippen molar-refractivity contribution in [3.05, 3.63) is 23.8 Å². The lowest BCUT2D eigenvalue weighted by Crippen LogP contribution is -2.34. The molecule has 0 aliphatic heterocycles. The largest absolute Gasteiger partial charge is 0.508 e. The van der Waals surface area contributed by atoms with Crippen LogP contribution in [-0.2, 0) is 0 Å². The van der Waals surface area contributed by atoms with Gasteiger partial charge in [0.2, 0.25) is 0 Å². The fraction of sp³-hybridized carbons (Fsp3) is 0.364. The smallest absolute Gasteiger partial charge is 0.319 e. The fourth-order valence-electron chi connectivity index (χ4n) is 1.16. The second kappa shape index (κ2) is 4.68. The molecule has 0 saturated carbocycles. The van der Waals surface area contributed by atoms with E-state index in [9.17, 15) is 9.90 Å². The molecule has 1 rings (SSSR count). The number of aromatic hydroxyl groups is 1. The van der Waals surface area contributed by atoms with Crippen molar-refractivity contribution in [2.75, 3.05) is 5.32 Å². The van der Waals surface area contributed by atoms with Crippen LogP contribution in [0, 0.1) is 6.92 Å². The maximum atomic E-state index is 11.3. The van der Waals surface area contributed by atoms with Gasteiger partial charge in [0.15, 0.2) is 0 Å². The summed E-state index contributed by atoms with van der Waals surface area (Å²) in [5.74, 6) is 0.227. The summed E-state index contributed by atoms with van der Waals surface area (Å²) in [6, 6.07) is 4.79. The minimum atomic E-state index is -0.241. The van der Waals surface area contributed by atoms with Crippen molar-refractivity contribution in [2.24, 2.45) is 0 Å². The van der Waals surface area contributed by atoms with Crippen LogP contribution < -0.4 is 10.6 Å². The number of rotatable bonds is 2. The summed E-state index contributed by atoms with van der Waals surface area (Å²) in [6.45, 7) is 5.56. The van der Waals surface area contributed by atoms with Crippen LogP contribution in [0.1, 0.15) is 19.4 Å². The van der Waals surface area contributed by atoms with E-state index in [1.165, 1.54) is 0 Å². The molecule has 0 fully saturated rings. The van der Waals surface area contributed by atoms with E-state index in [-0.39, 0.29) is 17.8 Å². The van der Waals surface area contributed by atoms with Gasteiger partial charge < -0.3 is 15.7 Å². The SMILES string of the molecule is Cc1cc(NC(=O)NC(C)C)ccc1O. The second-order valence-electron chi connectivity index (χ2n) is 3.75. The first-order valence-electron chi connectivity index (χ1n) is 4.86. The molecule has 0 aliphatic rings. The van der Waals surface area contributed by atoms with Gasteiger partial charge in [-0.25, -0.2) is 4.79 Å². The molecule has 0 aliphatic carbocycles. The zero-order valence-corrected chi connectivity index (χ0v) is 9.16. The Morgan fingerprint density at radius 3 is 2.60 bits per heavy atom. The lowest BCUT2D eigenvalue weighted by Gasteiger charge is -2.10. The van der Waals surface area contributed by atoms with Gasteiger partial charge in [0.1, 0.15) is 5.75 Å². The molecule has 1 aromatic carbocycles. The molecule has 4 nitrogen and oxygen atoms in total. The van der Waals surface area contributed by atoms with E-state index in [0.717, 1.165) is 5.56 Å². The second-order valence-corrected chi connectivity index (χ2v) is 3.75. The van der Waals surface area contributed by atoms with E-state index in [0.29, 0.717) is 5.69 Å². The first-order valence-corrected chi connectivity index (χ1v) is 4.86. The van der Waals surface area contributed by atoms with Gasteiger partial charge in [0, 0.05) is 11.7 Å². The number of nitrogens with one attached hydrogen (secondary N) is 2. The van der Waals surface area contributed by atoms with Crippen LogP contribution in [-0.4, -0.2) is 17.2 Å². The number of anilines is 1. The molecule has 0 aromatic heterocycles. The monoisotopic (exact) mass is 208 g/mol. The highest BCUT2D eigenvalue weighted by Gasteiger charge is 2.04. The number of amides is 2. The molecular weight excluding hydrogens is 192 g/mol. The number of phenols is 1. The average Bonchev–Trinajstić information content (AvgIpc) is 2.10. The van der Waals surface area contributed by atoms with E-state index in [2.05, 4.69) is 10.6 Å². The molecule has 82 valence electrons. The summed E-state index contributed by atoms with van der Waals surface area (Å²) < 4.78 is 0. The summed E-state index contributed by atoms with van der Waals surface area (Å²) in [5.41, 5.74) is 1.40. The Kier molecular flexibility index (Phi) is 3.55. The highest BCUT2D eigenvalue weighted by Crippen LogP contribution is 2.19.